The summed E-state index contributed by atoms with van der Waals surface area (Å²) in [7, 11) is 0. The first-order valence-electron chi connectivity index (χ1n) is 8.75. The maximum Gasteiger partial charge on any atom is 0.233 e. The van der Waals surface area contributed by atoms with Crippen molar-refractivity contribution in [2.45, 2.75) is 49.7 Å². The molecule has 2 fully saturated rings. The molecule has 4 rings (SSSR count). The summed E-state index contributed by atoms with van der Waals surface area (Å²) in [5, 5.41) is 9.87. The van der Waals surface area contributed by atoms with Crippen LogP contribution in [-0.4, -0.2) is 43.7 Å². The van der Waals surface area contributed by atoms with E-state index in [2.05, 4.69) is 15.1 Å². The van der Waals surface area contributed by atoms with Crippen LogP contribution in [0.25, 0.3) is 5.65 Å². The van der Waals surface area contributed by atoms with Gasteiger partial charge in [0, 0.05) is 18.8 Å². The Morgan fingerprint density at radius 1 is 1.20 bits per heavy atom. The number of likely N-dealkylation sites (tertiary alicyclic amines) is 1. The van der Waals surface area contributed by atoms with Crippen LogP contribution in [0.2, 0.25) is 10.0 Å². The fraction of sp³-hybridized carbons (Fsp3) is 0.588. The highest BCUT2D eigenvalue weighted by atomic mass is 35.5. The van der Waals surface area contributed by atoms with E-state index in [1.807, 2.05) is 0 Å². The van der Waals surface area contributed by atoms with Gasteiger partial charge in [0.25, 0.3) is 0 Å². The summed E-state index contributed by atoms with van der Waals surface area (Å²) in [6.45, 7) is 0.888. The van der Waals surface area contributed by atoms with Crippen molar-refractivity contribution in [1.82, 2.24) is 19.5 Å². The van der Waals surface area contributed by atoms with Crippen LogP contribution in [0.5, 0.6) is 0 Å². The highest BCUT2D eigenvalue weighted by Gasteiger charge is 2.35. The van der Waals surface area contributed by atoms with E-state index in [0.29, 0.717) is 38.6 Å². The van der Waals surface area contributed by atoms with E-state index in [0.717, 1.165) is 19.4 Å². The lowest BCUT2D eigenvalue weighted by atomic mass is 9.78. The van der Waals surface area contributed by atoms with Gasteiger partial charge in [0.1, 0.15) is 0 Å². The lowest BCUT2D eigenvalue weighted by Gasteiger charge is -2.44. The average Bonchev–Trinajstić information content (AvgIpc) is 3.02. The monoisotopic (exact) mass is 398 g/mol. The Bertz CT molecular complexity index is 794. The van der Waals surface area contributed by atoms with Crippen LogP contribution < -0.4 is 0 Å². The van der Waals surface area contributed by atoms with Crippen LogP contribution in [-0.2, 0) is 4.79 Å². The van der Waals surface area contributed by atoms with Gasteiger partial charge in [0.15, 0.2) is 10.8 Å². The number of pyridine rings is 1. The van der Waals surface area contributed by atoms with Gasteiger partial charge >= 0.3 is 0 Å². The third-order valence-corrected chi connectivity index (χ3v) is 6.70. The Hall–Kier alpha value is -0.980. The molecule has 2 aromatic heterocycles. The molecule has 0 N–H and O–H groups in total. The third-order valence-electron chi connectivity index (χ3n) is 5.28. The first-order chi connectivity index (χ1) is 12.1. The molecule has 0 spiro atoms. The first kappa shape index (κ1) is 17.4. The molecule has 25 heavy (non-hydrogen) atoms. The maximum atomic E-state index is 12.8. The molecular formula is C17H20Cl2N4OS. The number of piperidine rings is 1. The predicted octanol–water partition coefficient (Wildman–Crippen LogP) is 4.31. The lowest BCUT2D eigenvalue weighted by Crippen LogP contribution is -2.50. The Morgan fingerprint density at radius 3 is 2.88 bits per heavy atom. The third kappa shape index (κ3) is 3.49. The van der Waals surface area contributed by atoms with E-state index in [1.54, 1.807) is 16.7 Å². The number of nitrogens with zero attached hydrogens (tertiary/aromatic N) is 4. The number of amides is 1. The summed E-state index contributed by atoms with van der Waals surface area (Å²) < 4.78 is 1.75. The minimum absolute atomic E-state index is 0.200. The predicted molar refractivity (Wildman–Crippen MR) is 100 cm³/mol. The van der Waals surface area contributed by atoms with Crippen molar-refractivity contribution in [3.05, 3.63) is 22.3 Å². The first-order valence-corrected chi connectivity index (χ1v) is 10.5. The molecule has 2 aliphatic rings. The van der Waals surface area contributed by atoms with Crippen molar-refractivity contribution >= 4 is 46.5 Å². The van der Waals surface area contributed by atoms with Crippen LogP contribution in [0.15, 0.2) is 17.4 Å². The van der Waals surface area contributed by atoms with Gasteiger partial charge < -0.3 is 4.90 Å². The smallest absolute Gasteiger partial charge is 0.233 e. The molecule has 1 saturated heterocycles. The molecule has 1 aliphatic carbocycles. The quantitative estimate of drug-likeness (QED) is 0.722. The molecule has 0 radical (unpaired) electrons. The zero-order valence-electron chi connectivity index (χ0n) is 13.8. The van der Waals surface area contributed by atoms with Crippen molar-refractivity contribution in [3.8, 4) is 0 Å². The zero-order valence-corrected chi connectivity index (χ0v) is 16.2. The summed E-state index contributed by atoms with van der Waals surface area (Å²) in [5.41, 5.74) is 0.561. The van der Waals surface area contributed by atoms with Gasteiger partial charge in [-0.25, -0.2) is 0 Å². The molecule has 2 atom stereocenters. The van der Waals surface area contributed by atoms with Gasteiger partial charge in [-0.15, -0.1) is 10.2 Å². The molecule has 0 bridgehead atoms. The molecule has 1 aliphatic heterocycles. The molecule has 134 valence electrons. The van der Waals surface area contributed by atoms with E-state index in [4.69, 9.17) is 23.2 Å². The van der Waals surface area contributed by atoms with E-state index in [-0.39, 0.29) is 5.91 Å². The minimum Gasteiger partial charge on any atom is -0.339 e. The fourth-order valence-electron chi connectivity index (χ4n) is 4.14. The molecule has 1 amide bonds. The van der Waals surface area contributed by atoms with Crippen LogP contribution in [0, 0.1) is 5.92 Å². The zero-order chi connectivity index (χ0) is 17.4. The van der Waals surface area contributed by atoms with Gasteiger partial charge in [-0.3, -0.25) is 9.20 Å². The SMILES string of the molecule is O=C(CSc1nnc2c(Cl)cc(Cl)cn12)N1CCC[C@@H]2CCCC[C@@H]21. The largest absolute Gasteiger partial charge is 0.339 e. The Balaban J connectivity index is 1.47. The Labute approximate surface area is 161 Å². The number of hydrogen-bond acceptors (Lipinski definition) is 4. The normalized spacial score (nSPS) is 23.7. The molecule has 0 aromatic carbocycles. The minimum atomic E-state index is 0.200. The average molecular weight is 399 g/mol. The highest BCUT2D eigenvalue weighted by molar-refractivity contribution is 7.99. The number of hydrogen-bond donors (Lipinski definition) is 0. The highest BCUT2D eigenvalue weighted by Crippen LogP contribution is 2.35. The van der Waals surface area contributed by atoms with Crippen LogP contribution in [0.4, 0.5) is 0 Å². The molecule has 5 nitrogen and oxygen atoms in total. The molecule has 3 heterocycles. The van der Waals surface area contributed by atoms with Gasteiger partial charge in [-0.2, -0.15) is 0 Å². The second kappa shape index (κ2) is 7.33. The van der Waals surface area contributed by atoms with E-state index < -0.39 is 0 Å². The summed E-state index contributed by atoms with van der Waals surface area (Å²) in [4.78, 5) is 14.9. The topological polar surface area (TPSA) is 50.5 Å². The standard InChI is InChI=1S/C17H20Cl2N4OS/c18-12-8-13(19)16-20-21-17(23(16)9-12)25-10-15(24)22-7-3-5-11-4-1-2-6-14(11)22/h8-9,11,14H,1-7,10H2/t11-,14-/m0/s1. The van der Waals surface area contributed by atoms with Gasteiger partial charge in [-0.05, 0) is 37.7 Å². The van der Waals surface area contributed by atoms with Crippen molar-refractivity contribution in [2.24, 2.45) is 5.92 Å². The van der Waals surface area contributed by atoms with E-state index >= 15 is 0 Å². The summed E-state index contributed by atoms with van der Waals surface area (Å²) in [5.74, 6) is 1.27. The fourth-order valence-corrected chi connectivity index (χ4v) is 5.45. The van der Waals surface area contributed by atoms with Gasteiger partial charge in [-0.1, -0.05) is 47.8 Å². The van der Waals surface area contributed by atoms with E-state index in [1.165, 1.54) is 37.4 Å². The van der Waals surface area contributed by atoms with Gasteiger partial charge in [0.05, 0.1) is 15.8 Å². The van der Waals surface area contributed by atoms with Crippen LogP contribution in [0.1, 0.15) is 38.5 Å². The maximum absolute atomic E-state index is 12.8. The summed E-state index contributed by atoms with van der Waals surface area (Å²) in [6, 6.07) is 2.08. The second-order valence-electron chi connectivity index (χ2n) is 6.81. The van der Waals surface area contributed by atoms with Crippen molar-refractivity contribution in [3.63, 3.8) is 0 Å². The number of rotatable bonds is 3. The molecule has 1 saturated carbocycles. The number of fused-ring (bicyclic) bond motifs is 2. The molecule has 2 aromatic rings. The number of thioether (sulfide) groups is 1. The van der Waals surface area contributed by atoms with Crippen molar-refractivity contribution in [1.29, 1.82) is 0 Å². The number of halogens is 2. The van der Waals surface area contributed by atoms with Gasteiger partial charge in [0.2, 0.25) is 5.91 Å². The van der Waals surface area contributed by atoms with Crippen molar-refractivity contribution in [2.75, 3.05) is 12.3 Å². The summed E-state index contributed by atoms with van der Waals surface area (Å²) >= 11 is 13.6. The second-order valence-corrected chi connectivity index (χ2v) is 8.60. The number of carbonyl (C=O) groups excluding carboxylic acids is 1. The van der Waals surface area contributed by atoms with Crippen LogP contribution >= 0.6 is 35.0 Å². The Kier molecular flexibility index (Phi) is 5.11. The summed E-state index contributed by atoms with van der Waals surface area (Å²) in [6.07, 6.45) is 9.10. The van der Waals surface area contributed by atoms with E-state index in [9.17, 15) is 4.79 Å². The molecule has 8 heteroatoms. The molecular weight excluding hydrogens is 379 g/mol. The van der Waals surface area contributed by atoms with Crippen molar-refractivity contribution < 1.29 is 4.79 Å². The Morgan fingerprint density at radius 2 is 2.00 bits per heavy atom. The lowest BCUT2D eigenvalue weighted by molar-refractivity contribution is -0.134. The number of aromatic nitrogens is 3. The van der Waals surface area contributed by atoms with Crippen LogP contribution in [0.3, 0.4) is 0 Å². The number of carbonyl (C=O) groups is 1. The molecule has 0 unspecified atom stereocenters.